The van der Waals surface area contributed by atoms with Gasteiger partial charge < -0.3 is 4.74 Å². The van der Waals surface area contributed by atoms with Crippen LogP contribution in [0.15, 0.2) is 0 Å². The van der Waals surface area contributed by atoms with Crippen molar-refractivity contribution in [1.82, 2.24) is 15.0 Å². The second-order valence-corrected chi connectivity index (χ2v) is 4.79. The molecule has 5 nitrogen and oxygen atoms in total. The van der Waals surface area contributed by atoms with Crippen LogP contribution in [0, 0.1) is 5.92 Å². The number of rotatable bonds is 6. The molecule has 0 saturated carbocycles. The minimum atomic E-state index is -4.27. The van der Waals surface area contributed by atoms with E-state index in [0.29, 0.717) is 12.1 Å². The van der Waals surface area contributed by atoms with Crippen LogP contribution in [-0.2, 0) is 17.7 Å². The van der Waals surface area contributed by atoms with Crippen molar-refractivity contribution < 1.29 is 22.7 Å². The first-order valence-electron chi connectivity index (χ1n) is 6.40. The van der Waals surface area contributed by atoms with Gasteiger partial charge in [-0.3, -0.25) is 0 Å². The van der Waals surface area contributed by atoms with Crippen LogP contribution in [0.2, 0.25) is 0 Å². The zero-order valence-electron chi connectivity index (χ0n) is 11.7. The molecule has 1 rings (SSSR count). The summed E-state index contributed by atoms with van der Waals surface area (Å²) in [5.41, 5.74) is 0.394. The molecule has 1 aromatic rings. The summed E-state index contributed by atoms with van der Waals surface area (Å²) in [6, 6.07) is 0. The Morgan fingerprint density at radius 1 is 1.40 bits per heavy atom. The Hall–Kier alpha value is -1.60. The van der Waals surface area contributed by atoms with Crippen LogP contribution < -0.4 is 0 Å². The van der Waals surface area contributed by atoms with Gasteiger partial charge in [-0.15, -0.1) is 5.10 Å². The SMILES string of the molecule is CCOC(=O)c1nnn(CCC(F)(F)F)c1CC(C)C. The molecule has 0 unspecified atom stereocenters. The van der Waals surface area contributed by atoms with Gasteiger partial charge in [-0.05, 0) is 19.3 Å². The van der Waals surface area contributed by atoms with Crippen molar-refractivity contribution in [3.8, 4) is 0 Å². The number of esters is 1. The zero-order valence-corrected chi connectivity index (χ0v) is 11.7. The monoisotopic (exact) mass is 293 g/mol. The molecule has 0 aliphatic heterocycles. The highest BCUT2D eigenvalue weighted by Crippen LogP contribution is 2.21. The highest BCUT2D eigenvalue weighted by atomic mass is 19.4. The van der Waals surface area contributed by atoms with Crippen molar-refractivity contribution in [3.05, 3.63) is 11.4 Å². The van der Waals surface area contributed by atoms with E-state index >= 15 is 0 Å². The molecule has 0 aliphatic carbocycles. The number of halogens is 3. The molecule has 0 N–H and O–H groups in total. The number of carbonyl (C=O) groups is 1. The Bertz CT molecular complexity index is 455. The Labute approximate surface area is 115 Å². The maximum atomic E-state index is 12.3. The smallest absolute Gasteiger partial charge is 0.390 e. The van der Waals surface area contributed by atoms with Crippen LogP contribution in [-0.4, -0.2) is 33.7 Å². The second kappa shape index (κ2) is 6.71. The van der Waals surface area contributed by atoms with E-state index in [1.165, 1.54) is 0 Å². The van der Waals surface area contributed by atoms with E-state index < -0.39 is 18.6 Å². The number of hydrogen-bond acceptors (Lipinski definition) is 4. The lowest BCUT2D eigenvalue weighted by atomic mass is 10.1. The standard InChI is InChI=1S/C12H18F3N3O2/c1-4-20-11(19)10-9(7-8(2)3)18(17-16-10)6-5-12(13,14)15/h8H,4-7H2,1-3H3. The topological polar surface area (TPSA) is 57.0 Å². The van der Waals surface area contributed by atoms with Crippen molar-refractivity contribution in [2.24, 2.45) is 5.92 Å². The Balaban J connectivity index is 2.96. The lowest BCUT2D eigenvalue weighted by Crippen LogP contribution is -2.17. The molecule has 8 heteroatoms. The molecule has 0 radical (unpaired) electrons. The maximum absolute atomic E-state index is 12.3. The molecule has 1 aromatic heterocycles. The van der Waals surface area contributed by atoms with Gasteiger partial charge in [0.1, 0.15) is 0 Å². The average Bonchev–Trinajstić information content (AvgIpc) is 2.68. The molecule has 0 fully saturated rings. The van der Waals surface area contributed by atoms with Gasteiger partial charge in [-0.2, -0.15) is 13.2 Å². The van der Waals surface area contributed by atoms with E-state index in [-0.39, 0.29) is 24.8 Å². The van der Waals surface area contributed by atoms with Crippen LogP contribution in [0.5, 0.6) is 0 Å². The van der Waals surface area contributed by atoms with Crippen molar-refractivity contribution in [2.45, 2.75) is 46.3 Å². The maximum Gasteiger partial charge on any atom is 0.390 e. The Morgan fingerprint density at radius 2 is 2.05 bits per heavy atom. The van der Waals surface area contributed by atoms with Gasteiger partial charge in [0.05, 0.1) is 25.3 Å². The largest absolute Gasteiger partial charge is 0.461 e. The molecular weight excluding hydrogens is 275 g/mol. The van der Waals surface area contributed by atoms with Gasteiger partial charge in [0.25, 0.3) is 0 Å². The Morgan fingerprint density at radius 3 is 2.55 bits per heavy atom. The van der Waals surface area contributed by atoms with Crippen LogP contribution >= 0.6 is 0 Å². The highest BCUT2D eigenvalue weighted by Gasteiger charge is 2.29. The van der Waals surface area contributed by atoms with Crippen LogP contribution in [0.1, 0.15) is 43.4 Å². The van der Waals surface area contributed by atoms with Gasteiger partial charge in [-0.1, -0.05) is 19.1 Å². The van der Waals surface area contributed by atoms with Crippen molar-refractivity contribution >= 4 is 5.97 Å². The van der Waals surface area contributed by atoms with Gasteiger partial charge in [0, 0.05) is 0 Å². The minimum Gasteiger partial charge on any atom is -0.461 e. The van der Waals surface area contributed by atoms with Crippen molar-refractivity contribution in [2.75, 3.05) is 6.61 Å². The lowest BCUT2D eigenvalue weighted by Gasteiger charge is -2.11. The van der Waals surface area contributed by atoms with Gasteiger partial charge >= 0.3 is 12.1 Å². The highest BCUT2D eigenvalue weighted by molar-refractivity contribution is 5.88. The summed E-state index contributed by atoms with van der Waals surface area (Å²) in [5, 5.41) is 7.30. The predicted molar refractivity (Wildman–Crippen MR) is 65.2 cm³/mol. The molecule has 20 heavy (non-hydrogen) atoms. The average molecular weight is 293 g/mol. The first-order valence-corrected chi connectivity index (χ1v) is 6.40. The summed E-state index contributed by atoms with van der Waals surface area (Å²) in [6.45, 7) is 5.27. The lowest BCUT2D eigenvalue weighted by molar-refractivity contribution is -0.137. The summed E-state index contributed by atoms with van der Waals surface area (Å²) < 4.78 is 42.8. The molecule has 0 aromatic carbocycles. The number of ether oxygens (including phenoxy) is 1. The van der Waals surface area contributed by atoms with E-state index in [4.69, 9.17) is 4.74 Å². The minimum absolute atomic E-state index is 0.00252. The molecule has 0 bridgehead atoms. The second-order valence-electron chi connectivity index (χ2n) is 4.79. The third-order valence-electron chi connectivity index (χ3n) is 2.52. The predicted octanol–water partition coefficient (Wildman–Crippen LogP) is 2.61. The van der Waals surface area contributed by atoms with E-state index in [0.717, 1.165) is 4.68 Å². The van der Waals surface area contributed by atoms with Gasteiger partial charge in [0.2, 0.25) is 0 Å². The molecular formula is C12H18F3N3O2. The number of alkyl halides is 3. The van der Waals surface area contributed by atoms with E-state index in [1.807, 2.05) is 13.8 Å². The third-order valence-corrected chi connectivity index (χ3v) is 2.52. The molecule has 0 aliphatic rings. The fraction of sp³-hybridized carbons (Fsp3) is 0.750. The quantitative estimate of drug-likeness (QED) is 0.756. The molecule has 0 amide bonds. The number of aromatic nitrogens is 3. The molecule has 0 saturated heterocycles. The zero-order chi connectivity index (χ0) is 15.3. The van der Waals surface area contributed by atoms with Crippen molar-refractivity contribution in [3.63, 3.8) is 0 Å². The number of aryl methyl sites for hydroxylation is 1. The fourth-order valence-corrected chi connectivity index (χ4v) is 1.69. The van der Waals surface area contributed by atoms with E-state index in [9.17, 15) is 18.0 Å². The van der Waals surface area contributed by atoms with E-state index in [2.05, 4.69) is 10.3 Å². The summed E-state index contributed by atoms with van der Waals surface area (Å²) in [7, 11) is 0. The third kappa shape index (κ3) is 4.82. The number of nitrogens with zero attached hydrogens (tertiary/aromatic N) is 3. The summed E-state index contributed by atoms with van der Waals surface area (Å²) in [4.78, 5) is 11.7. The molecule has 0 atom stereocenters. The van der Waals surface area contributed by atoms with Gasteiger partial charge in [-0.25, -0.2) is 9.48 Å². The molecule has 114 valence electrons. The normalized spacial score (nSPS) is 11.9. The summed E-state index contributed by atoms with van der Waals surface area (Å²) >= 11 is 0. The summed E-state index contributed by atoms with van der Waals surface area (Å²) in [5.74, 6) is -0.493. The Kier molecular flexibility index (Phi) is 5.52. The van der Waals surface area contributed by atoms with Crippen LogP contribution in [0.4, 0.5) is 13.2 Å². The van der Waals surface area contributed by atoms with Crippen molar-refractivity contribution in [1.29, 1.82) is 0 Å². The van der Waals surface area contributed by atoms with Crippen LogP contribution in [0.3, 0.4) is 0 Å². The van der Waals surface area contributed by atoms with Gasteiger partial charge in [0.15, 0.2) is 5.69 Å². The fourth-order valence-electron chi connectivity index (χ4n) is 1.69. The van der Waals surface area contributed by atoms with Crippen LogP contribution in [0.25, 0.3) is 0 Å². The van der Waals surface area contributed by atoms with E-state index in [1.54, 1.807) is 6.92 Å². The number of hydrogen-bond donors (Lipinski definition) is 0. The molecule has 0 spiro atoms. The summed E-state index contributed by atoms with van der Waals surface area (Å²) in [6.07, 6.45) is -4.87. The number of carbonyl (C=O) groups excluding carboxylic acids is 1. The first kappa shape index (κ1) is 16.5. The first-order chi connectivity index (χ1) is 9.24. The molecule has 1 heterocycles.